The molecule has 0 spiro atoms. The van der Waals surface area contributed by atoms with Crippen molar-refractivity contribution in [1.82, 2.24) is 9.55 Å². The molecule has 1 unspecified atom stereocenters. The summed E-state index contributed by atoms with van der Waals surface area (Å²) in [4.78, 5) is 15.5. The van der Waals surface area contributed by atoms with Crippen LogP contribution in [0.5, 0.6) is 0 Å². The molecule has 0 bridgehead atoms. The lowest BCUT2D eigenvalue weighted by Gasteiger charge is -2.32. The molecule has 1 aliphatic heterocycles. The third-order valence-corrected chi connectivity index (χ3v) is 5.94. The fourth-order valence-corrected chi connectivity index (χ4v) is 4.59. The summed E-state index contributed by atoms with van der Waals surface area (Å²) in [5.41, 5.74) is 0.936. The second-order valence-electron chi connectivity index (χ2n) is 6.62. The van der Waals surface area contributed by atoms with E-state index in [0.29, 0.717) is 23.7 Å². The molecule has 0 amide bonds. The van der Waals surface area contributed by atoms with Crippen LogP contribution in [-0.2, 0) is 21.4 Å². The number of hydrogen-bond acceptors (Lipinski definition) is 4. The van der Waals surface area contributed by atoms with Crippen LogP contribution in [0.25, 0.3) is 0 Å². The minimum atomic E-state index is -3.83. The number of benzene rings is 1. The Hall–Kier alpha value is -2.35. The van der Waals surface area contributed by atoms with E-state index in [4.69, 9.17) is 0 Å². The highest BCUT2D eigenvalue weighted by Gasteiger charge is 2.36. The maximum absolute atomic E-state index is 13.0. The highest BCUT2D eigenvalue weighted by molar-refractivity contribution is 7.92. The van der Waals surface area contributed by atoms with Gasteiger partial charge in [0.1, 0.15) is 0 Å². The van der Waals surface area contributed by atoms with Crippen molar-refractivity contribution >= 4 is 21.7 Å². The molecule has 1 atom stereocenters. The smallest absolute Gasteiger partial charge is 0.311 e. The number of carboxylic acids is 1. The number of sulfonamides is 1. The molecule has 8 heteroatoms. The number of fused-ring (bicyclic) bond motifs is 1. The van der Waals surface area contributed by atoms with Crippen molar-refractivity contribution in [1.29, 1.82) is 0 Å². The van der Waals surface area contributed by atoms with Gasteiger partial charge in [-0.05, 0) is 24.0 Å². The van der Waals surface area contributed by atoms with Crippen LogP contribution in [0.3, 0.4) is 0 Å². The van der Waals surface area contributed by atoms with Crippen LogP contribution in [0.2, 0.25) is 0 Å². The Morgan fingerprint density at radius 2 is 2.08 bits per heavy atom. The number of carboxylic acid groups (broad SMARTS) is 1. The van der Waals surface area contributed by atoms with Gasteiger partial charge >= 0.3 is 5.97 Å². The molecule has 25 heavy (non-hydrogen) atoms. The van der Waals surface area contributed by atoms with E-state index in [1.165, 1.54) is 16.8 Å². The maximum atomic E-state index is 13.0. The van der Waals surface area contributed by atoms with Crippen LogP contribution in [-0.4, -0.2) is 35.6 Å². The van der Waals surface area contributed by atoms with Crippen LogP contribution in [0, 0.1) is 5.92 Å². The monoisotopic (exact) mass is 363 g/mol. The van der Waals surface area contributed by atoms with E-state index in [-0.39, 0.29) is 18.0 Å². The van der Waals surface area contributed by atoms with E-state index < -0.39 is 21.9 Å². The topological polar surface area (TPSA) is 92.5 Å². The van der Waals surface area contributed by atoms with Gasteiger partial charge in [0.05, 0.1) is 17.9 Å². The van der Waals surface area contributed by atoms with Gasteiger partial charge in [0.2, 0.25) is 0 Å². The van der Waals surface area contributed by atoms with Crippen molar-refractivity contribution in [2.24, 2.45) is 5.92 Å². The summed E-state index contributed by atoms with van der Waals surface area (Å²) in [6, 6.07) is 6.76. The molecule has 2 aromatic rings. The summed E-state index contributed by atoms with van der Waals surface area (Å²) < 4.78 is 29.1. The molecule has 0 saturated carbocycles. The van der Waals surface area contributed by atoms with Crippen molar-refractivity contribution in [2.45, 2.75) is 37.8 Å². The number of aliphatic carboxylic acids is 1. The first-order valence-electron chi connectivity index (χ1n) is 8.17. The van der Waals surface area contributed by atoms with E-state index in [2.05, 4.69) is 4.98 Å². The van der Waals surface area contributed by atoms with Crippen LogP contribution in [0.15, 0.2) is 41.8 Å². The van der Waals surface area contributed by atoms with Crippen LogP contribution < -0.4 is 4.31 Å². The molecule has 3 rings (SSSR count). The molecule has 134 valence electrons. The molecular formula is C17H21N3O4S. The first-order valence-corrected chi connectivity index (χ1v) is 9.61. The zero-order valence-electron chi connectivity index (χ0n) is 14.2. The average Bonchev–Trinajstić information content (AvgIpc) is 3.02. The molecule has 2 heterocycles. The Morgan fingerprint density at radius 1 is 1.36 bits per heavy atom. The maximum Gasteiger partial charge on any atom is 0.311 e. The highest BCUT2D eigenvalue weighted by atomic mass is 32.2. The van der Waals surface area contributed by atoms with Crippen molar-refractivity contribution in [3.63, 3.8) is 0 Å². The molecule has 1 aliphatic rings. The number of rotatable bonds is 5. The second-order valence-corrected chi connectivity index (χ2v) is 8.43. The summed E-state index contributed by atoms with van der Waals surface area (Å²) in [6.45, 7) is 4.88. The normalized spacial score (nSPS) is 17.6. The van der Waals surface area contributed by atoms with Gasteiger partial charge < -0.3 is 9.67 Å². The number of anilines is 1. The summed E-state index contributed by atoms with van der Waals surface area (Å²) in [7, 11) is -3.83. The van der Waals surface area contributed by atoms with E-state index >= 15 is 0 Å². The fourth-order valence-electron chi connectivity index (χ4n) is 3.14. The van der Waals surface area contributed by atoms with Gasteiger partial charge in [0.25, 0.3) is 10.0 Å². The number of aromatic nitrogens is 2. The number of imidazole rings is 1. The van der Waals surface area contributed by atoms with E-state index in [0.717, 1.165) is 0 Å². The van der Waals surface area contributed by atoms with Crippen LogP contribution in [0.1, 0.15) is 31.7 Å². The number of nitrogens with zero attached hydrogens (tertiary/aromatic N) is 3. The zero-order chi connectivity index (χ0) is 18.2. The summed E-state index contributed by atoms with van der Waals surface area (Å²) >= 11 is 0. The zero-order valence-corrected chi connectivity index (χ0v) is 15.0. The lowest BCUT2D eigenvalue weighted by Crippen LogP contribution is -2.38. The van der Waals surface area contributed by atoms with Gasteiger partial charge in [-0.2, -0.15) is 8.42 Å². The van der Waals surface area contributed by atoms with Gasteiger partial charge in [0.15, 0.2) is 5.03 Å². The molecule has 7 nitrogen and oxygen atoms in total. The first-order chi connectivity index (χ1) is 11.8. The predicted molar refractivity (Wildman–Crippen MR) is 93.0 cm³/mol. The third-order valence-electron chi connectivity index (χ3n) is 4.24. The molecule has 0 saturated heterocycles. The Labute approximate surface area is 147 Å². The Balaban J connectivity index is 1.99. The van der Waals surface area contributed by atoms with Crippen LogP contribution in [0.4, 0.5) is 5.69 Å². The molecular weight excluding hydrogens is 342 g/mol. The Morgan fingerprint density at radius 3 is 2.76 bits per heavy atom. The van der Waals surface area contributed by atoms with Crippen LogP contribution >= 0.6 is 0 Å². The van der Waals surface area contributed by atoms with Crippen molar-refractivity contribution in [3.8, 4) is 0 Å². The Bertz CT molecular complexity index is 889. The fraction of sp³-hybridized carbons (Fsp3) is 0.412. The molecule has 1 aromatic carbocycles. The minimum Gasteiger partial charge on any atom is -0.481 e. The largest absolute Gasteiger partial charge is 0.481 e. The standard InChI is InChI=1S/C17H21N3O4S/c1-12(2)9-19-10-16(18-11-19)25(23,24)20-8-7-14(17(21)22)13-5-3-4-6-15(13)20/h3-6,10-12,14H,7-9H2,1-2H3,(H,21,22). The van der Waals surface area contributed by atoms with E-state index in [9.17, 15) is 18.3 Å². The molecule has 1 aromatic heterocycles. The van der Waals surface area contributed by atoms with Crippen molar-refractivity contribution in [3.05, 3.63) is 42.4 Å². The summed E-state index contributed by atoms with van der Waals surface area (Å²) in [5.74, 6) is -1.26. The molecule has 0 radical (unpaired) electrons. The number of carbonyl (C=O) groups is 1. The SMILES string of the molecule is CC(C)Cn1cnc(S(=O)(=O)N2CCC(C(=O)O)c3ccccc32)c1. The number of para-hydroxylation sites is 1. The lowest BCUT2D eigenvalue weighted by atomic mass is 9.91. The highest BCUT2D eigenvalue weighted by Crippen LogP contribution is 2.38. The Kier molecular flexibility index (Phi) is 4.55. The molecule has 1 N–H and O–H groups in total. The second kappa shape index (κ2) is 6.51. The lowest BCUT2D eigenvalue weighted by molar-refractivity contribution is -0.139. The van der Waals surface area contributed by atoms with E-state index in [1.54, 1.807) is 28.8 Å². The van der Waals surface area contributed by atoms with Gasteiger partial charge in [-0.3, -0.25) is 9.10 Å². The van der Waals surface area contributed by atoms with Crippen molar-refractivity contribution < 1.29 is 18.3 Å². The molecule has 0 fully saturated rings. The van der Waals surface area contributed by atoms with Gasteiger partial charge in [-0.25, -0.2) is 4.98 Å². The number of hydrogen-bond donors (Lipinski definition) is 1. The average molecular weight is 363 g/mol. The van der Waals surface area contributed by atoms with Gasteiger partial charge in [-0.1, -0.05) is 32.0 Å². The summed E-state index contributed by atoms with van der Waals surface area (Å²) in [6.07, 6.45) is 3.28. The van der Waals surface area contributed by atoms with Gasteiger partial charge in [-0.15, -0.1) is 0 Å². The third kappa shape index (κ3) is 3.26. The van der Waals surface area contributed by atoms with Gasteiger partial charge in [0, 0.05) is 19.3 Å². The summed E-state index contributed by atoms with van der Waals surface area (Å²) in [5, 5.41) is 9.38. The van der Waals surface area contributed by atoms with E-state index in [1.807, 2.05) is 13.8 Å². The first kappa shape index (κ1) is 17.5. The predicted octanol–water partition coefficient (Wildman–Crippen LogP) is 2.31. The minimum absolute atomic E-state index is 0.0169. The quantitative estimate of drug-likeness (QED) is 0.880. The van der Waals surface area contributed by atoms with Crippen molar-refractivity contribution in [2.75, 3.05) is 10.8 Å². The molecule has 0 aliphatic carbocycles.